The summed E-state index contributed by atoms with van der Waals surface area (Å²) >= 11 is 0. The maximum Gasteiger partial charge on any atom is 0.189 e. The fourth-order valence-corrected chi connectivity index (χ4v) is 2.17. The summed E-state index contributed by atoms with van der Waals surface area (Å²) < 4.78 is 5.36. The smallest absolute Gasteiger partial charge is 0.189 e. The fourth-order valence-electron chi connectivity index (χ4n) is 2.17. The van der Waals surface area contributed by atoms with Crippen LogP contribution in [0.2, 0.25) is 0 Å². The van der Waals surface area contributed by atoms with Crippen LogP contribution in [0.1, 0.15) is 18.5 Å². The molecule has 1 saturated heterocycles. The van der Waals surface area contributed by atoms with E-state index in [1.54, 1.807) is 0 Å². The lowest BCUT2D eigenvalue weighted by molar-refractivity contribution is 0.122. The molecule has 0 spiro atoms. The van der Waals surface area contributed by atoms with E-state index in [1.807, 2.05) is 18.2 Å². The van der Waals surface area contributed by atoms with Crippen molar-refractivity contribution in [2.75, 3.05) is 31.2 Å². The van der Waals surface area contributed by atoms with Crippen LogP contribution < -0.4 is 16.0 Å². The van der Waals surface area contributed by atoms with E-state index in [0.29, 0.717) is 18.5 Å². The van der Waals surface area contributed by atoms with Gasteiger partial charge in [0.25, 0.3) is 0 Å². The molecule has 2 heterocycles. The largest absolute Gasteiger partial charge is 0.378 e. The van der Waals surface area contributed by atoms with E-state index in [1.165, 1.54) is 12.8 Å². The van der Waals surface area contributed by atoms with E-state index >= 15 is 0 Å². The van der Waals surface area contributed by atoms with E-state index in [4.69, 9.17) is 10.5 Å². The van der Waals surface area contributed by atoms with Crippen LogP contribution >= 0.6 is 0 Å². The lowest BCUT2D eigenvalue weighted by Gasteiger charge is -2.27. The Morgan fingerprint density at radius 2 is 2.20 bits per heavy atom. The molecule has 1 saturated carbocycles. The first-order valence-corrected chi connectivity index (χ1v) is 7.16. The molecule has 6 nitrogen and oxygen atoms in total. The number of nitrogens with two attached hydrogens (primary N) is 1. The lowest BCUT2D eigenvalue weighted by atomic mass is 10.3. The molecule has 0 aromatic carbocycles. The van der Waals surface area contributed by atoms with Crippen molar-refractivity contribution in [3.63, 3.8) is 0 Å². The first-order valence-electron chi connectivity index (χ1n) is 7.16. The number of hydrogen-bond donors (Lipinski definition) is 2. The lowest BCUT2D eigenvalue weighted by Crippen LogP contribution is -2.36. The highest BCUT2D eigenvalue weighted by Gasteiger charge is 2.21. The molecular weight excluding hydrogens is 254 g/mol. The van der Waals surface area contributed by atoms with Crippen LogP contribution in [-0.4, -0.2) is 43.3 Å². The molecule has 0 radical (unpaired) electrons. The molecule has 0 bridgehead atoms. The highest BCUT2D eigenvalue weighted by atomic mass is 16.5. The van der Waals surface area contributed by atoms with E-state index in [-0.39, 0.29) is 0 Å². The average molecular weight is 275 g/mol. The van der Waals surface area contributed by atoms with Crippen molar-refractivity contribution in [2.45, 2.75) is 25.4 Å². The number of ether oxygens (including phenoxy) is 1. The zero-order valence-electron chi connectivity index (χ0n) is 11.6. The molecule has 1 aliphatic heterocycles. The predicted molar refractivity (Wildman–Crippen MR) is 78.8 cm³/mol. The molecule has 0 atom stereocenters. The summed E-state index contributed by atoms with van der Waals surface area (Å²) in [4.78, 5) is 11.2. The number of nitrogens with zero attached hydrogens (tertiary/aromatic N) is 3. The van der Waals surface area contributed by atoms with Crippen molar-refractivity contribution in [3.8, 4) is 0 Å². The molecule has 20 heavy (non-hydrogen) atoms. The van der Waals surface area contributed by atoms with Gasteiger partial charge in [-0.25, -0.2) is 9.98 Å². The van der Waals surface area contributed by atoms with Crippen LogP contribution in [-0.2, 0) is 11.3 Å². The van der Waals surface area contributed by atoms with Crippen molar-refractivity contribution in [1.82, 2.24) is 10.3 Å². The molecule has 0 amide bonds. The highest BCUT2D eigenvalue weighted by molar-refractivity contribution is 5.78. The molecule has 2 fully saturated rings. The zero-order valence-corrected chi connectivity index (χ0v) is 11.6. The van der Waals surface area contributed by atoms with E-state index < -0.39 is 0 Å². The Morgan fingerprint density at radius 3 is 2.95 bits per heavy atom. The third kappa shape index (κ3) is 3.60. The van der Waals surface area contributed by atoms with Gasteiger partial charge in [0.15, 0.2) is 5.96 Å². The summed E-state index contributed by atoms with van der Waals surface area (Å²) in [6.07, 6.45) is 2.39. The highest BCUT2D eigenvalue weighted by Crippen LogP contribution is 2.18. The first kappa shape index (κ1) is 13.2. The number of aliphatic imine (C=N–C) groups is 1. The molecule has 6 heteroatoms. The molecule has 0 unspecified atom stereocenters. The van der Waals surface area contributed by atoms with Gasteiger partial charge in [0.05, 0.1) is 25.5 Å². The van der Waals surface area contributed by atoms with E-state index in [9.17, 15) is 0 Å². The molecule has 1 aromatic heterocycles. The second-order valence-electron chi connectivity index (χ2n) is 5.21. The summed E-state index contributed by atoms with van der Waals surface area (Å²) in [6.45, 7) is 3.84. The number of aromatic nitrogens is 1. The Hall–Kier alpha value is -1.82. The van der Waals surface area contributed by atoms with Gasteiger partial charge in [-0.1, -0.05) is 6.07 Å². The zero-order chi connectivity index (χ0) is 13.8. The molecule has 3 N–H and O–H groups in total. The Morgan fingerprint density at radius 1 is 1.40 bits per heavy atom. The van der Waals surface area contributed by atoms with Gasteiger partial charge < -0.3 is 20.7 Å². The minimum atomic E-state index is 0.518. The van der Waals surface area contributed by atoms with Crippen molar-refractivity contribution < 1.29 is 4.74 Å². The Labute approximate surface area is 119 Å². The van der Waals surface area contributed by atoms with Crippen LogP contribution in [0.3, 0.4) is 0 Å². The van der Waals surface area contributed by atoms with Crippen LogP contribution in [0.25, 0.3) is 0 Å². The van der Waals surface area contributed by atoms with Crippen LogP contribution in [0.5, 0.6) is 0 Å². The summed E-state index contributed by atoms with van der Waals surface area (Å²) in [7, 11) is 0. The number of anilines is 1. The number of guanidine groups is 1. The summed E-state index contributed by atoms with van der Waals surface area (Å²) in [5, 5.41) is 3.18. The van der Waals surface area contributed by atoms with Gasteiger partial charge in [0.2, 0.25) is 0 Å². The summed E-state index contributed by atoms with van der Waals surface area (Å²) in [5.74, 6) is 1.51. The second-order valence-corrected chi connectivity index (χ2v) is 5.21. The van der Waals surface area contributed by atoms with Gasteiger partial charge in [-0.3, -0.25) is 0 Å². The van der Waals surface area contributed by atoms with Crippen molar-refractivity contribution >= 4 is 11.8 Å². The van der Waals surface area contributed by atoms with Gasteiger partial charge in [-0.15, -0.1) is 0 Å². The quantitative estimate of drug-likeness (QED) is 0.617. The molecule has 1 aliphatic carbocycles. The van der Waals surface area contributed by atoms with Gasteiger partial charge in [-0.05, 0) is 25.0 Å². The van der Waals surface area contributed by atoms with Gasteiger partial charge in [-0.2, -0.15) is 0 Å². The maximum atomic E-state index is 5.83. The third-order valence-electron chi connectivity index (χ3n) is 3.47. The Kier molecular flexibility index (Phi) is 4.01. The Bertz CT molecular complexity index is 480. The number of morpholine rings is 1. The molecular formula is C14H21N5O. The van der Waals surface area contributed by atoms with Gasteiger partial charge in [0.1, 0.15) is 5.82 Å². The van der Waals surface area contributed by atoms with E-state index in [2.05, 4.69) is 20.2 Å². The number of nitrogens with one attached hydrogen (secondary N) is 1. The number of pyridine rings is 1. The van der Waals surface area contributed by atoms with Crippen LogP contribution in [0.4, 0.5) is 5.82 Å². The number of hydrogen-bond acceptors (Lipinski definition) is 4. The first-order chi connectivity index (χ1) is 9.81. The van der Waals surface area contributed by atoms with Gasteiger partial charge in [0, 0.05) is 19.1 Å². The molecule has 2 aliphatic rings. The SMILES string of the molecule is NC(=NCc1cccc(N2CCOCC2)n1)NC1CC1. The topological polar surface area (TPSA) is 75.8 Å². The predicted octanol–water partition coefficient (Wildman–Crippen LogP) is 0.485. The average Bonchev–Trinajstić information content (AvgIpc) is 3.30. The van der Waals surface area contributed by atoms with Crippen molar-refractivity contribution in [3.05, 3.63) is 23.9 Å². The molecule has 1 aromatic rings. The van der Waals surface area contributed by atoms with Crippen LogP contribution in [0.15, 0.2) is 23.2 Å². The minimum Gasteiger partial charge on any atom is -0.378 e. The molecule has 108 valence electrons. The Balaban J connectivity index is 1.61. The van der Waals surface area contributed by atoms with Crippen LogP contribution in [0, 0.1) is 0 Å². The standard InChI is InChI=1S/C14H21N5O/c15-14(18-11-4-5-11)16-10-12-2-1-3-13(17-12)19-6-8-20-9-7-19/h1-3,11H,4-10H2,(H3,15,16,18). The summed E-state index contributed by atoms with van der Waals surface area (Å²) in [5.41, 5.74) is 6.77. The van der Waals surface area contributed by atoms with Gasteiger partial charge >= 0.3 is 0 Å². The molecule has 3 rings (SSSR count). The van der Waals surface area contributed by atoms with Crippen molar-refractivity contribution in [2.24, 2.45) is 10.7 Å². The van der Waals surface area contributed by atoms with E-state index in [0.717, 1.165) is 37.8 Å². The van der Waals surface area contributed by atoms with Crippen molar-refractivity contribution in [1.29, 1.82) is 0 Å². The maximum absolute atomic E-state index is 5.83. The number of rotatable bonds is 4. The minimum absolute atomic E-state index is 0.518. The third-order valence-corrected chi connectivity index (χ3v) is 3.47. The fraction of sp³-hybridized carbons (Fsp3) is 0.571. The second kappa shape index (κ2) is 6.09. The normalized spacial score (nSPS) is 20.0. The monoisotopic (exact) mass is 275 g/mol. The summed E-state index contributed by atoms with van der Waals surface area (Å²) in [6, 6.07) is 6.57.